The van der Waals surface area contributed by atoms with Gasteiger partial charge in [0.25, 0.3) is 5.91 Å². The summed E-state index contributed by atoms with van der Waals surface area (Å²) in [7, 11) is 1.63. The minimum Gasteiger partial charge on any atom is -0.481 e. The van der Waals surface area contributed by atoms with Gasteiger partial charge in [-0.15, -0.1) is 0 Å². The van der Waals surface area contributed by atoms with E-state index < -0.39 is 5.82 Å². The molecule has 0 aliphatic heterocycles. The molecule has 3 nitrogen and oxygen atoms in total. The van der Waals surface area contributed by atoms with Crippen LogP contribution in [0.5, 0.6) is 5.75 Å². The van der Waals surface area contributed by atoms with Gasteiger partial charge < -0.3 is 9.64 Å². The Labute approximate surface area is 138 Å². The van der Waals surface area contributed by atoms with Crippen LogP contribution in [-0.4, -0.2) is 24.5 Å². The highest BCUT2D eigenvalue weighted by Gasteiger charge is 2.12. The first-order valence-electron chi connectivity index (χ1n) is 6.52. The second-order valence-corrected chi connectivity index (χ2v) is 5.53. The van der Waals surface area contributed by atoms with Gasteiger partial charge in [-0.2, -0.15) is 0 Å². The summed E-state index contributed by atoms with van der Waals surface area (Å²) < 4.78 is 18.6. The lowest BCUT2D eigenvalue weighted by Crippen LogP contribution is -2.31. The molecule has 0 heterocycles. The number of hydrogen-bond donors (Lipinski definition) is 0. The summed E-state index contributed by atoms with van der Waals surface area (Å²) in [5, 5.41) is 0.893. The number of hydrogen-bond acceptors (Lipinski definition) is 2. The van der Waals surface area contributed by atoms with E-state index in [0.29, 0.717) is 16.6 Å². The molecular formula is C16H14Cl2FNO2. The summed E-state index contributed by atoms with van der Waals surface area (Å²) in [6.45, 7) is 0.120. The fourth-order valence-electron chi connectivity index (χ4n) is 1.81. The molecule has 0 aliphatic carbocycles. The molecule has 0 radical (unpaired) electrons. The maximum Gasteiger partial charge on any atom is 0.260 e. The zero-order chi connectivity index (χ0) is 16.1. The summed E-state index contributed by atoms with van der Waals surface area (Å²) in [5.41, 5.74) is 0.844. The van der Waals surface area contributed by atoms with E-state index in [0.717, 1.165) is 5.56 Å². The largest absolute Gasteiger partial charge is 0.481 e. The van der Waals surface area contributed by atoms with Gasteiger partial charge in [-0.25, -0.2) is 4.39 Å². The van der Waals surface area contributed by atoms with Crippen molar-refractivity contribution >= 4 is 29.1 Å². The molecule has 0 spiro atoms. The van der Waals surface area contributed by atoms with Gasteiger partial charge in [-0.05, 0) is 29.8 Å². The second-order valence-electron chi connectivity index (χ2n) is 4.72. The van der Waals surface area contributed by atoms with Crippen molar-refractivity contribution in [1.29, 1.82) is 0 Å². The standard InChI is InChI=1S/C16H14Cl2FNO2/c1-20(9-11-6-7-12(17)13(18)8-11)16(21)10-22-15-5-3-2-4-14(15)19/h2-8H,9-10H2,1H3. The molecule has 0 unspecified atom stereocenters. The first-order chi connectivity index (χ1) is 10.5. The minimum atomic E-state index is -0.498. The Balaban J connectivity index is 1.92. The van der Waals surface area contributed by atoms with E-state index in [9.17, 15) is 9.18 Å². The van der Waals surface area contributed by atoms with E-state index in [1.54, 1.807) is 37.4 Å². The average Bonchev–Trinajstić information content (AvgIpc) is 2.50. The van der Waals surface area contributed by atoms with Crippen molar-refractivity contribution in [1.82, 2.24) is 4.90 Å². The zero-order valence-electron chi connectivity index (χ0n) is 11.9. The van der Waals surface area contributed by atoms with Crippen LogP contribution >= 0.6 is 23.2 Å². The average molecular weight is 342 g/mol. The molecule has 2 aromatic carbocycles. The third kappa shape index (κ3) is 4.36. The fraction of sp³-hybridized carbons (Fsp3) is 0.188. The Kier molecular flexibility index (Phi) is 5.63. The lowest BCUT2D eigenvalue weighted by molar-refractivity contribution is -0.132. The van der Waals surface area contributed by atoms with E-state index in [4.69, 9.17) is 27.9 Å². The lowest BCUT2D eigenvalue weighted by Gasteiger charge is -2.18. The van der Waals surface area contributed by atoms with Gasteiger partial charge in [-0.1, -0.05) is 41.4 Å². The summed E-state index contributed by atoms with van der Waals surface area (Å²) in [5.74, 6) is -0.712. The fourth-order valence-corrected chi connectivity index (χ4v) is 2.13. The Hall–Kier alpha value is -1.78. The van der Waals surface area contributed by atoms with Crippen LogP contribution in [0.25, 0.3) is 0 Å². The first-order valence-corrected chi connectivity index (χ1v) is 7.28. The quantitative estimate of drug-likeness (QED) is 0.816. The van der Waals surface area contributed by atoms with Crippen LogP contribution in [0.4, 0.5) is 4.39 Å². The van der Waals surface area contributed by atoms with Gasteiger partial charge in [0.15, 0.2) is 18.2 Å². The molecule has 0 N–H and O–H groups in total. The van der Waals surface area contributed by atoms with Gasteiger partial charge >= 0.3 is 0 Å². The Morgan fingerprint density at radius 1 is 1.18 bits per heavy atom. The molecule has 2 rings (SSSR count). The predicted octanol–water partition coefficient (Wildman–Crippen LogP) is 4.17. The molecular weight excluding hydrogens is 328 g/mol. The van der Waals surface area contributed by atoms with Gasteiger partial charge in [0, 0.05) is 13.6 Å². The third-order valence-electron chi connectivity index (χ3n) is 3.02. The van der Waals surface area contributed by atoms with Gasteiger partial charge in [0.1, 0.15) is 0 Å². The highest BCUT2D eigenvalue weighted by atomic mass is 35.5. The molecule has 116 valence electrons. The molecule has 0 bridgehead atoms. The van der Waals surface area contributed by atoms with Crippen molar-refractivity contribution < 1.29 is 13.9 Å². The van der Waals surface area contributed by atoms with E-state index in [1.807, 2.05) is 0 Å². The summed E-state index contributed by atoms with van der Waals surface area (Å²) in [6, 6.07) is 11.1. The number of amides is 1. The molecule has 0 aliphatic rings. The number of carbonyl (C=O) groups excluding carboxylic acids is 1. The van der Waals surface area contributed by atoms with Gasteiger partial charge in [0.05, 0.1) is 10.0 Å². The summed E-state index contributed by atoms with van der Waals surface area (Å²) >= 11 is 11.8. The number of rotatable bonds is 5. The highest BCUT2D eigenvalue weighted by molar-refractivity contribution is 6.42. The molecule has 0 saturated heterocycles. The summed E-state index contributed by atoms with van der Waals surface area (Å²) in [6.07, 6.45) is 0. The number of likely N-dealkylation sites (N-methyl/N-ethyl adjacent to an activating group) is 1. The maximum atomic E-state index is 13.4. The van der Waals surface area contributed by atoms with Gasteiger partial charge in [-0.3, -0.25) is 4.79 Å². The summed E-state index contributed by atoms with van der Waals surface area (Å²) in [4.78, 5) is 13.5. The Morgan fingerprint density at radius 2 is 1.91 bits per heavy atom. The third-order valence-corrected chi connectivity index (χ3v) is 3.76. The maximum absolute atomic E-state index is 13.4. The van der Waals surface area contributed by atoms with Crippen molar-refractivity contribution in [3.05, 3.63) is 63.9 Å². The van der Waals surface area contributed by atoms with Crippen LogP contribution in [0, 0.1) is 5.82 Å². The molecule has 0 saturated carbocycles. The van der Waals surface area contributed by atoms with Crippen molar-refractivity contribution in [3.63, 3.8) is 0 Å². The molecule has 22 heavy (non-hydrogen) atoms. The monoisotopic (exact) mass is 341 g/mol. The van der Waals surface area contributed by atoms with Crippen LogP contribution in [0.2, 0.25) is 10.0 Å². The Morgan fingerprint density at radius 3 is 2.59 bits per heavy atom. The molecule has 2 aromatic rings. The Bertz CT molecular complexity index is 679. The topological polar surface area (TPSA) is 29.5 Å². The van der Waals surface area contributed by atoms with Crippen molar-refractivity contribution in [3.8, 4) is 5.75 Å². The SMILES string of the molecule is CN(Cc1ccc(Cl)c(Cl)c1)C(=O)COc1ccccc1F. The molecule has 0 aromatic heterocycles. The molecule has 6 heteroatoms. The van der Waals surface area contributed by atoms with E-state index in [1.165, 1.54) is 17.0 Å². The number of benzene rings is 2. The highest BCUT2D eigenvalue weighted by Crippen LogP contribution is 2.23. The van der Waals surface area contributed by atoms with Crippen LogP contribution in [0.3, 0.4) is 0 Å². The van der Waals surface area contributed by atoms with E-state index in [-0.39, 0.29) is 18.3 Å². The first kappa shape index (κ1) is 16.6. The molecule has 1 amide bonds. The minimum absolute atomic E-state index is 0.0544. The van der Waals surface area contributed by atoms with Crippen LogP contribution < -0.4 is 4.74 Å². The molecule has 0 atom stereocenters. The lowest BCUT2D eigenvalue weighted by atomic mass is 10.2. The zero-order valence-corrected chi connectivity index (χ0v) is 13.4. The van der Waals surface area contributed by atoms with E-state index >= 15 is 0 Å². The number of para-hydroxylation sites is 1. The number of halogens is 3. The smallest absolute Gasteiger partial charge is 0.260 e. The number of ether oxygens (including phenoxy) is 1. The normalized spacial score (nSPS) is 10.4. The van der Waals surface area contributed by atoms with Crippen LogP contribution in [-0.2, 0) is 11.3 Å². The number of nitrogens with zero attached hydrogens (tertiary/aromatic N) is 1. The van der Waals surface area contributed by atoms with Crippen LogP contribution in [0.1, 0.15) is 5.56 Å². The van der Waals surface area contributed by atoms with E-state index in [2.05, 4.69) is 0 Å². The molecule has 0 fully saturated rings. The second kappa shape index (κ2) is 7.47. The predicted molar refractivity (Wildman–Crippen MR) is 84.8 cm³/mol. The van der Waals surface area contributed by atoms with Crippen molar-refractivity contribution in [2.45, 2.75) is 6.54 Å². The number of carbonyl (C=O) groups is 1. The van der Waals surface area contributed by atoms with Crippen molar-refractivity contribution in [2.24, 2.45) is 0 Å². The van der Waals surface area contributed by atoms with Gasteiger partial charge in [0.2, 0.25) is 0 Å². The van der Waals surface area contributed by atoms with Crippen LogP contribution in [0.15, 0.2) is 42.5 Å². The van der Waals surface area contributed by atoms with Crippen molar-refractivity contribution in [2.75, 3.05) is 13.7 Å².